The third-order valence-electron chi connectivity index (χ3n) is 8.74. The fraction of sp³-hybridized carbons (Fsp3) is 0.526. The molecule has 2 N–H and O–H groups in total. The fourth-order valence-electron chi connectivity index (χ4n) is 6.41. The molecule has 3 aromatic carbocycles. The van der Waals surface area contributed by atoms with Crippen LogP contribution in [0.25, 0.3) is 0 Å². The van der Waals surface area contributed by atoms with E-state index in [1.54, 1.807) is 0 Å². The van der Waals surface area contributed by atoms with Crippen molar-refractivity contribution in [3.63, 3.8) is 0 Å². The van der Waals surface area contributed by atoms with Crippen LogP contribution in [0, 0.1) is 0 Å². The van der Waals surface area contributed by atoms with Gasteiger partial charge in [0.15, 0.2) is 0 Å². The maximum absolute atomic E-state index is 9.84. The predicted octanol–water partition coefficient (Wildman–Crippen LogP) is 9.11. The molecular weight excluding hydrogens is 529 g/mol. The average Bonchev–Trinajstić information content (AvgIpc) is 3.05. The maximum atomic E-state index is 9.84. The van der Waals surface area contributed by atoms with Gasteiger partial charge in [0.2, 0.25) is 0 Å². The lowest BCUT2D eigenvalue weighted by Crippen LogP contribution is -2.50. The van der Waals surface area contributed by atoms with E-state index in [4.69, 9.17) is 4.65 Å². The molecule has 0 aliphatic heterocycles. The zero-order chi connectivity index (χ0) is 31.4. The molecule has 5 heteroatoms. The number of rotatable bonds is 19. The van der Waals surface area contributed by atoms with E-state index >= 15 is 0 Å². The molecule has 236 valence electrons. The van der Waals surface area contributed by atoms with Crippen LogP contribution in [0.4, 0.5) is 0 Å². The molecule has 0 saturated heterocycles. The molecule has 0 radical (unpaired) electrons. The van der Waals surface area contributed by atoms with E-state index < -0.39 is 12.9 Å². The lowest BCUT2D eigenvalue weighted by atomic mass is 9.71. The molecule has 43 heavy (non-hydrogen) atoms. The first-order valence-corrected chi connectivity index (χ1v) is 17.0. The van der Waals surface area contributed by atoms with Crippen molar-refractivity contribution in [1.82, 2.24) is 0 Å². The highest BCUT2D eigenvalue weighted by Crippen LogP contribution is 2.47. The molecule has 0 aromatic heterocycles. The smallest absolute Gasteiger partial charge is 0.402 e. The van der Waals surface area contributed by atoms with Crippen LogP contribution >= 0.6 is 0 Å². The summed E-state index contributed by atoms with van der Waals surface area (Å²) < 4.78 is 7.35. The Morgan fingerprint density at radius 3 is 1.23 bits per heavy atom. The van der Waals surface area contributed by atoms with Crippen molar-refractivity contribution < 1.29 is 19.2 Å². The average molecular weight is 589 g/mol. The molecule has 0 aliphatic carbocycles. The third kappa shape index (κ3) is 11.2. The van der Waals surface area contributed by atoms with E-state index in [2.05, 4.69) is 46.8 Å². The highest BCUT2D eigenvalue weighted by molar-refractivity contribution is 6.32. The summed E-state index contributed by atoms with van der Waals surface area (Å²) in [5, 5.41) is 19.7. The Morgan fingerprint density at radius 2 is 0.930 bits per heavy atom. The van der Waals surface area contributed by atoms with Gasteiger partial charge in [-0.15, -0.1) is 0 Å². The minimum atomic E-state index is -1.90. The number of hydrogen-bond acceptors (Lipinski definition) is 3. The van der Waals surface area contributed by atoms with E-state index in [1.807, 2.05) is 78.9 Å². The Bertz CT molecular complexity index is 1000. The second-order valence-electron chi connectivity index (χ2n) is 11.9. The largest absolute Gasteiger partial charge is 0.634 e. The maximum Gasteiger partial charge on any atom is 0.634 e. The van der Waals surface area contributed by atoms with Crippen LogP contribution in [0.5, 0.6) is 0 Å². The normalized spacial score (nSPS) is 12.3. The van der Waals surface area contributed by atoms with Crippen LogP contribution in [0.15, 0.2) is 91.0 Å². The van der Waals surface area contributed by atoms with E-state index in [9.17, 15) is 10.0 Å². The van der Waals surface area contributed by atoms with Crippen LogP contribution in [-0.2, 0) is 10.3 Å². The van der Waals surface area contributed by atoms with Crippen LogP contribution in [0.1, 0.15) is 115 Å². The second kappa shape index (κ2) is 20.5. The van der Waals surface area contributed by atoms with Crippen LogP contribution < -0.4 is 0 Å². The summed E-state index contributed by atoms with van der Waals surface area (Å²) in [4.78, 5) is 0. The van der Waals surface area contributed by atoms with E-state index in [0.717, 1.165) is 23.1 Å². The molecule has 4 nitrogen and oxygen atoms in total. The number of nitrogens with zero attached hydrogens (tertiary/aromatic N) is 1. The SMILES string of the molecule is CCC(c1ccccc1)C(OB(O)O)(c1ccccc1)c1ccccc1.CCCC[N+](CCCC)(CCCC)CCCC. The molecule has 0 spiro atoms. The lowest BCUT2D eigenvalue weighted by molar-refractivity contribution is -0.929. The first kappa shape index (κ1) is 36.8. The minimum absolute atomic E-state index is 0.102. The lowest BCUT2D eigenvalue weighted by Gasteiger charge is -2.42. The van der Waals surface area contributed by atoms with Crippen molar-refractivity contribution in [2.75, 3.05) is 26.2 Å². The van der Waals surface area contributed by atoms with Gasteiger partial charge < -0.3 is 19.2 Å². The zero-order valence-corrected chi connectivity index (χ0v) is 27.8. The van der Waals surface area contributed by atoms with Gasteiger partial charge in [-0.2, -0.15) is 0 Å². The summed E-state index contributed by atoms with van der Waals surface area (Å²) in [6.45, 7) is 17.1. The van der Waals surface area contributed by atoms with Crippen molar-refractivity contribution in [2.24, 2.45) is 0 Å². The van der Waals surface area contributed by atoms with Gasteiger partial charge in [0.25, 0.3) is 0 Å². The highest BCUT2D eigenvalue weighted by Gasteiger charge is 2.45. The van der Waals surface area contributed by atoms with Crippen molar-refractivity contribution in [2.45, 2.75) is 104 Å². The molecule has 0 aliphatic rings. The summed E-state index contributed by atoms with van der Waals surface area (Å²) >= 11 is 0. The number of hydrogen-bond donors (Lipinski definition) is 2. The molecule has 0 saturated carbocycles. The van der Waals surface area contributed by atoms with Crippen molar-refractivity contribution in [3.8, 4) is 0 Å². The van der Waals surface area contributed by atoms with E-state index in [-0.39, 0.29) is 5.92 Å². The Hall–Kier alpha value is -2.44. The quantitative estimate of drug-likeness (QED) is 0.108. The summed E-state index contributed by atoms with van der Waals surface area (Å²) in [5.41, 5.74) is 1.83. The van der Waals surface area contributed by atoms with Crippen LogP contribution in [0.3, 0.4) is 0 Å². The predicted molar refractivity (Wildman–Crippen MR) is 184 cm³/mol. The highest BCUT2D eigenvalue weighted by atomic mass is 16.6. The second-order valence-corrected chi connectivity index (χ2v) is 11.9. The van der Waals surface area contributed by atoms with Crippen molar-refractivity contribution >= 4 is 7.32 Å². The first-order chi connectivity index (χ1) is 20.9. The van der Waals surface area contributed by atoms with E-state index in [0.29, 0.717) is 0 Å². The number of quaternary nitrogens is 1. The van der Waals surface area contributed by atoms with Crippen molar-refractivity contribution in [1.29, 1.82) is 0 Å². The molecular formula is C38H59BNO3+. The molecule has 0 amide bonds. The van der Waals surface area contributed by atoms with Gasteiger partial charge in [0.1, 0.15) is 5.60 Å². The molecule has 1 unspecified atom stereocenters. The van der Waals surface area contributed by atoms with Gasteiger partial charge in [0.05, 0.1) is 26.2 Å². The molecule has 3 aromatic rings. The minimum Gasteiger partial charge on any atom is -0.402 e. The summed E-state index contributed by atoms with van der Waals surface area (Å²) in [6.07, 6.45) is 11.8. The summed E-state index contributed by atoms with van der Waals surface area (Å²) in [5.74, 6) is -0.102. The van der Waals surface area contributed by atoms with Gasteiger partial charge >= 0.3 is 7.32 Å². The van der Waals surface area contributed by atoms with Gasteiger partial charge in [-0.25, -0.2) is 0 Å². The molecule has 0 fully saturated rings. The topological polar surface area (TPSA) is 49.7 Å². The summed E-state index contributed by atoms with van der Waals surface area (Å²) in [7, 11) is -1.90. The molecule has 3 rings (SSSR count). The first-order valence-electron chi connectivity index (χ1n) is 17.0. The van der Waals surface area contributed by atoms with Gasteiger partial charge in [0, 0.05) is 5.92 Å². The third-order valence-corrected chi connectivity index (χ3v) is 8.74. The molecule has 1 atom stereocenters. The van der Waals surface area contributed by atoms with Crippen LogP contribution in [-0.4, -0.2) is 48.0 Å². The number of unbranched alkanes of at least 4 members (excludes halogenated alkanes) is 4. The van der Waals surface area contributed by atoms with E-state index in [1.165, 1.54) is 82.0 Å². The Morgan fingerprint density at radius 1 is 0.581 bits per heavy atom. The Kier molecular flexibility index (Phi) is 17.5. The summed E-state index contributed by atoms with van der Waals surface area (Å²) in [6, 6.07) is 29.6. The fourth-order valence-corrected chi connectivity index (χ4v) is 6.41. The standard InChI is InChI=1S/C22H23BO3.C16H36N/c1-2-21(18-12-6-3-7-13-18)22(26-23(24)25,19-14-8-4-9-15-19)20-16-10-5-11-17-20;1-5-9-13-17(14-10-6-2,15-11-7-3)16-12-8-4/h3-17,21,24-25H,2H2,1H3;5-16H2,1-4H3/q;+1. The zero-order valence-electron chi connectivity index (χ0n) is 27.8. The van der Waals surface area contributed by atoms with Gasteiger partial charge in [-0.05, 0) is 48.8 Å². The monoisotopic (exact) mass is 588 g/mol. The Balaban J connectivity index is 0.000000332. The number of benzene rings is 3. The van der Waals surface area contributed by atoms with Crippen LogP contribution in [0.2, 0.25) is 0 Å². The Labute approximate surface area is 263 Å². The van der Waals surface area contributed by atoms with Gasteiger partial charge in [-0.1, -0.05) is 151 Å². The molecule has 0 bridgehead atoms. The van der Waals surface area contributed by atoms with Crippen molar-refractivity contribution in [3.05, 3.63) is 108 Å². The van der Waals surface area contributed by atoms with Gasteiger partial charge in [-0.3, -0.25) is 0 Å². The molecule has 0 heterocycles.